The molecule has 3 heterocycles. The Morgan fingerprint density at radius 2 is 1.57 bits per heavy atom. The molecule has 0 spiro atoms. The van der Waals surface area contributed by atoms with Gasteiger partial charge in [0.1, 0.15) is 0 Å². The zero-order valence-electron chi connectivity index (χ0n) is 16.2. The number of fused-ring (bicyclic) bond motifs is 1. The van der Waals surface area contributed by atoms with E-state index in [1.54, 1.807) is 24.3 Å². The van der Waals surface area contributed by atoms with E-state index in [1.165, 1.54) is 4.90 Å². The average molecular weight is 423 g/mol. The van der Waals surface area contributed by atoms with Gasteiger partial charge in [-0.1, -0.05) is 12.1 Å². The van der Waals surface area contributed by atoms with Gasteiger partial charge in [-0.2, -0.15) is 13.2 Å². The van der Waals surface area contributed by atoms with Crippen LogP contribution in [0.1, 0.15) is 45.4 Å². The number of rotatable bonds is 4. The highest BCUT2D eigenvalue weighted by Crippen LogP contribution is 2.28. The van der Waals surface area contributed by atoms with E-state index in [9.17, 15) is 27.6 Å². The van der Waals surface area contributed by atoms with Crippen LogP contribution in [0.4, 0.5) is 13.2 Å². The average Bonchev–Trinajstić information content (AvgIpc) is 3.15. The van der Waals surface area contributed by atoms with E-state index in [0.29, 0.717) is 48.2 Å². The van der Waals surface area contributed by atoms with Crippen molar-refractivity contribution in [2.45, 2.75) is 25.1 Å². The first-order valence-corrected chi connectivity index (χ1v) is 9.59. The van der Waals surface area contributed by atoms with Crippen molar-refractivity contribution in [2.24, 2.45) is 7.05 Å². The number of halogens is 3. The minimum Gasteiger partial charge on any atom is -0.301 e. The second-order valence-electron chi connectivity index (χ2n) is 7.49. The van der Waals surface area contributed by atoms with Crippen molar-refractivity contribution in [2.75, 3.05) is 26.2 Å². The molecule has 0 aliphatic carbocycles. The third-order valence-electron chi connectivity index (χ3n) is 5.68. The number of alkyl halides is 3. The maximum atomic E-state index is 13.0. The second kappa shape index (κ2) is 7.38. The lowest BCUT2D eigenvalue weighted by Gasteiger charge is -2.32. The van der Waals surface area contributed by atoms with Crippen LogP contribution in [0.15, 0.2) is 29.1 Å². The Morgan fingerprint density at radius 3 is 2.07 bits per heavy atom. The molecule has 160 valence electrons. The van der Waals surface area contributed by atoms with Gasteiger partial charge in [-0.3, -0.25) is 19.1 Å². The van der Waals surface area contributed by atoms with Gasteiger partial charge >= 0.3 is 11.9 Å². The molecule has 8 nitrogen and oxygen atoms in total. The number of piperidine rings is 1. The number of hydrogen-bond acceptors (Lipinski definition) is 5. The van der Waals surface area contributed by atoms with Crippen LogP contribution in [0.5, 0.6) is 0 Å². The lowest BCUT2D eigenvalue weighted by Crippen LogP contribution is -2.43. The summed E-state index contributed by atoms with van der Waals surface area (Å²) in [5, 5.41) is 3.51. The molecule has 11 heteroatoms. The number of amides is 2. The van der Waals surface area contributed by atoms with Crippen molar-refractivity contribution in [3.63, 3.8) is 0 Å². The largest absolute Gasteiger partial charge is 0.451 e. The molecule has 0 bridgehead atoms. The van der Waals surface area contributed by atoms with Gasteiger partial charge in [-0.25, -0.2) is 9.48 Å². The topological polar surface area (TPSA) is 80.4 Å². The molecule has 2 aliphatic rings. The number of hydrogen-bond donors (Lipinski definition) is 0. The molecule has 0 atom stereocenters. The highest BCUT2D eigenvalue weighted by atomic mass is 19.4. The number of nitrogens with zero attached hydrogens (tertiary/aromatic N) is 5. The number of benzene rings is 1. The van der Waals surface area contributed by atoms with Crippen LogP contribution in [0.2, 0.25) is 0 Å². The number of carbonyl (C=O) groups is 2. The molecule has 0 N–H and O–H groups in total. The summed E-state index contributed by atoms with van der Waals surface area (Å²) in [6.45, 7) is 1.75. The van der Waals surface area contributed by atoms with E-state index in [2.05, 4.69) is 5.10 Å². The molecule has 1 aromatic heterocycles. The smallest absolute Gasteiger partial charge is 0.301 e. The fourth-order valence-electron chi connectivity index (χ4n) is 4.01. The maximum absolute atomic E-state index is 13.0. The Kier molecular flexibility index (Phi) is 5.00. The van der Waals surface area contributed by atoms with E-state index in [-0.39, 0.29) is 18.4 Å². The van der Waals surface area contributed by atoms with Gasteiger partial charge in [0.15, 0.2) is 0 Å². The molecule has 1 saturated heterocycles. The first-order chi connectivity index (χ1) is 14.2. The Balaban J connectivity index is 1.36. The Morgan fingerprint density at radius 1 is 1.00 bits per heavy atom. The van der Waals surface area contributed by atoms with Crippen LogP contribution in [-0.4, -0.2) is 62.1 Å². The monoisotopic (exact) mass is 423 g/mol. The highest BCUT2D eigenvalue weighted by molar-refractivity contribution is 6.21. The molecular formula is C19H20F3N5O3. The minimum atomic E-state index is -4.69. The molecule has 0 radical (unpaired) electrons. The van der Waals surface area contributed by atoms with E-state index in [1.807, 2.05) is 4.90 Å². The number of carbonyl (C=O) groups excluding carboxylic acids is 2. The zero-order valence-corrected chi connectivity index (χ0v) is 16.2. The first-order valence-electron chi connectivity index (χ1n) is 9.59. The number of likely N-dealkylation sites (tertiary alicyclic amines) is 1. The summed E-state index contributed by atoms with van der Waals surface area (Å²) in [4.78, 5) is 40.2. The number of aromatic nitrogens is 3. The van der Waals surface area contributed by atoms with Crippen LogP contribution in [-0.2, 0) is 13.2 Å². The van der Waals surface area contributed by atoms with E-state index in [4.69, 9.17) is 0 Å². The fraction of sp³-hybridized carbons (Fsp3) is 0.474. The molecule has 2 amide bonds. The van der Waals surface area contributed by atoms with E-state index >= 15 is 0 Å². The third-order valence-corrected chi connectivity index (χ3v) is 5.68. The molecule has 2 aliphatic heterocycles. The lowest BCUT2D eigenvalue weighted by atomic mass is 10.1. The van der Waals surface area contributed by atoms with Crippen LogP contribution >= 0.6 is 0 Å². The molecule has 2 aromatic rings. The molecule has 1 aromatic carbocycles. The summed E-state index contributed by atoms with van der Waals surface area (Å²) < 4.78 is 40.4. The summed E-state index contributed by atoms with van der Waals surface area (Å²) in [6, 6.07) is 6.25. The lowest BCUT2D eigenvalue weighted by molar-refractivity contribution is -0.147. The summed E-state index contributed by atoms with van der Waals surface area (Å²) in [5.74, 6) is -1.84. The predicted octanol–water partition coefficient (Wildman–Crippen LogP) is 1.53. The molecular weight excluding hydrogens is 403 g/mol. The predicted molar refractivity (Wildman–Crippen MR) is 99.0 cm³/mol. The van der Waals surface area contributed by atoms with Crippen molar-refractivity contribution in [1.29, 1.82) is 0 Å². The Bertz CT molecular complexity index is 1020. The Labute approximate surface area is 169 Å². The van der Waals surface area contributed by atoms with Gasteiger partial charge in [0.05, 0.1) is 17.2 Å². The maximum Gasteiger partial charge on any atom is 0.451 e. The summed E-state index contributed by atoms with van der Waals surface area (Å²) in [7, 11) is 1.06. The molecule has 0 unspecified atom stereocenters. The van der Waals surface area contributed by atoms with Gasteiger partial charge in [0.2, 0.25) is 5.82 Å². The van der Waals surface area contributed by atoms with Gasteiger partial charge in [0.25, 0.3) is 11.8 Å². The van der Waals surface area contributed by atoms with Crippen molar-refractivity contribution < 1.29 is 22.8 Å². The molecule has 0 saturated carbocycles. The fourth-order valence-corrected chi connectivity index (χ4v) is 4.01. The third kappa shape index (κ3) is 3.42. The van der Waals surface area contributed by atoms with Gasteiger partial charge in [-0.15, -0.1) is 5.10 Å². The molecule has 4 rings (SSSR count). The van der Waals surface area contributed by atoms with Gasteiger partial charge in [0, 0.05) is 33.2 Å². The van der Waals surface area contributed by atoms with E-state index in [0.717, 1.165) is 11.7 Å². The van der Waals surface area contributed by atoms with Crippen LogP contribution in [0, 0.1) is 0 Å². The Hall–Kier alpha value is -2.95. The van der Waals surface area contributed by atoms with Crippen molar-refractivity contribution in [3.8, 4) is 0 Å². The van der Waals surface area contributed by atoms with Crippen molar-refractivity contribution in [1.82, 2.24) is 24.1 Å². The van der Waals surface area contributed by atoms with Crippen LogP contribution in [0.3, 0.4) is 0 Å². The SMILES string of the molecule is Cn1c(C(F)(F)F)nn(C2CCN(CCN3C(=O)c4ccccc4C3=O)CC2)c1=O. The van der Waals surface area contributed by atoms with Crippen molar-refractivity contribution >= 4 is 11.8 Å². The normalized spacial score (nSPS) is 18.3. The minimum absolute atomic E-state index is 0.235. The summed E-state index contributed by atoms with van der Waals surface area (Å²) in [5.41, 5.74) is 0.0132. The molecule has 30 heavy (non-hydrogen) atoms. The zero-order chi connectivity index (χ0) is 21.6. The number of imide groups is 1. The van der Waals surface area contributed by atoms with Crippen LogP contribution < -0.4 is 5.69 Å². The van der Waals surface area contributed by atoms with Gasteiger partial charge in [-0.05, 0) is 25.0 Å². The first kappa shape index (κ1) is 20.3. The molecule has 1 fully saturated rings. The van der Waals surface area contributed by atoms with Crippen LogP contribution in [0.25, 0.3) is 0 Å². The standard InChI is InChI=1S/C19H20F3N5O3/c1-24-17(19(20,21)22)23-27(18(24)30)12-6-8-25(9-7-12)10-11-26-15(28)13-4-2-3-5-14(13)16(26)29/h2-5,12H,6-11H2,1H3. The quantitative estimate of drug-likeness (QED) is 0.697. The van der Waals surface area contributed by atoms with Gasteiger partial charge < -0.3 is 4.90 Å². The van der Waals surface area contributed by atoms with E-state index < -0.39 is 23.7 Å². The highest BCUT2D eigenvalue weighted by Gasteiger charge is 2.39. The summed E-state index contributed by atoms with van der Waals surface area (Å²) >= 11 is 0. The van der Waals surface area contributed by atoms with Crippen molar-refractivity contribution in [3.05, 3.63) is 51.7 Å². The summed E-state index contributed by atoms with van der Waals surface area (Å²) in [6.07, 6.45) is -3.78. The second-order valence-corrected chi connectivity index (χ2v) is 7.49.